The summed E-state index contributed by atoms with van der Waals surface area (Å²) in [6.07, 6.45) is 6.36. The van der Waals surface area contributed by atoms with Crippen LogP contribution in [0.15, 0.2) is 11.4 Å². The molecule has 2 heterocycles. The SMILES string of the molecule is CNC(c1sccc1C)C1CCOC2(CCC2)C1. The predicted molar refractivity (Wildman–Crippen MR) is 76.1 cm³/mol. The minimum absolute atomic E-state index is 0.253. The number of nitrogens with one attached hydrogen (secondary N) is 1. The van der Waals surface area contributed by atoms with Crippen molar-refractivity contribution in [2.75, 3.05) is 13.7 Å². The van der Waals surface area contributed by atoms with Gasteiger partial charge in [0.1, 0.15) is 0 Å². The highest BCUT2D eigenvalue weighted by molar-refractivity contribution is 7.10. The first-order valence-corrected chi connectivity index (χ1v) is 7.97. The quantitative estimate of drug-likeness (QED) is 0.900. The van der Waals surface area contributed by atoms with E-state index < -0.39 is 0 Å². The van der Waals surface area contributed by atoms with Crippen molar-refractivity contribution in [2.24, 2.45) is 5.92 Å². The molecule has 3 rings (SSSR count). The first-order chi connectivity index (χ1) is 8.74. The van der Waals surface area contributed by atoms with Crippen LogP contribution in [0.25, 0.3) is 0 Å². The summed E-state index contributed by atoms with van der Waals surface area (Å²) in [6, 6.07) is 2.76. The van der Waals surface area contributed by atoms with Gasteiger partial charge in [-0.2, -0.15) is 0 Å². The second-order valence-corrected chi connectivity index (χ2v) is 6.82. The maximum absolute atomic E-state index is 6.05. The standard InChI is InChI=1S/C15H23NOS/c1-11-5-9-18-14(11)13(16-2)12-4-8-17-15(10-12)6-3-7-15/h5,9,12-13,16H,3-4,6-8,10H2,1-2H3. The average molecular weight is 265 g/mol. The van der Waals surface area contributed by atoms with Gasteiger partial charge in [-0.3, -0.25) is 0 Å². The molecule has 2 atom stereocenters. The molecule has 1 saturated carbocycles. The van der Waals surface area contributed by atoms with Crippen LogP contribution in [0.1, 0.15) is 48.6 Å². The Morgan fingerprint density at radius 2 is 2.33 bits per heavy atom. The van der Waals surface area contributed by atoms with E-state index in [-0.39, 0.29) is 5.60 Å². The highest BCUT2D eigenvalue weighted by Crippen LogP contribution is 2.47. The van der Waals surface area contributed by atoms with E-state index in [0.29, 0.717) is 6.04 Å². The Bertz CT molecular complexity index is 410. The van der Waals surface area contributed by atoms with E-state index in [2.05, 4.69) is 30.7 Å². The largest absolute Gasteiger partial charge is 0.375 e. The van der Waals surface area contributed by atoms with Crippen LogP contribution in [0, 0.1) is 12.8 Å². The second-order valence-electron chi connectivity index (χ2n) is 5.87. The highest BCUT2D eigenvalue weighted by atomic mass is 32.1. The van der Waals surface area contributed by atoms with E-state index in [0.717, 1.165) is 12.5 Å². The lowest BCUT2D eigenvalue weighted by Crippen LogP contribution is -2.47. The lowest BCUT2D eigenvalue weighted by Gasteiger charge is -2.48. The van der Waals surface area contributed by atoms with Crippen LogP contribution in [0.3, 0.4) is 0 Å². The zero-order valence-corrected chi connectivity index (χ0v) is 12.2. The molecule has 1 N–H and O–H groups in total. The average Bonchev–Trinajstić information content (AvgIpc) is 2.75. The van der Waals surface area contributed by atoms with Crippen LogP contribution in [0.4, 0.5) is 0 Å². The molecule has 2 nitrogen and oxygen atoms in total. The van der Waals surface area contributed by atoms with Gasteiger partial charge < -0.3 is 10.1 Å². The summed E-state index contributed by atoms with van der Waals surface area (Å²) in [5.41, 5.74) is 1.69. The molecule has 2 unspecified atom stereocenters. The Balaban J connectivity index is 1.77. The molecular weight excluding hydrogens is 242 g/mol. The molecule has 100 valence electrons. The number of hydrogen-bond donors (Lipinski definition) is 1. The Labute approximate surface area is 114 Å². The van der Waals surface area contributed by atoms with Crippen molar-refractivity contribution in [2.45, 2.75) is 50.7 Å². The molecule has 1 aromatic rings. The van der Waals surface area contributed by atoms with Crippen molar-refractivity contribution in [1.82, 2.24) is 5.32 Å². The molecule has 1 spiro atoms. The number of hydrogen-bond acceptors (Lipinski definition) is 3. The normalized spacial score (nSPS) is 28.0. The monoisotopic (exact) mass is 265 g/mol. The topological polar surface area (TPSA) is 21.3 Å². The van der Waals surface area contributed by atoms with Gasteiger partial charge in [-0.15, -0.1) is 11.3 Å². The van der Waals surface area contributed by atoms with Crippen LogP contribution in [-0.2, 0) is 4.74 Å². The van der Waals surface area contributed by atoms with Gasteiger partial charge in [-0.05, 0) is 69.0 Å². The summed E-state index contributed by atoms with van der Waals surface area (Å²) in [6.45, 7) is 3.18. The van der Waals surface area contributed by atoms with Crippen molar-refractivity contribution in [3.8, 4) is 0 Å². The van der Waals surface area contributed by atoms with Crippen LogP contribution in [0.5, 0.6) is 0 Å². The molecule has 3 heteroatoms. The smallest absolute Gasteiger partial charge is 0.0686 e. The first kappa shape index (κ1) is 12.6. The molecule has 18 heavy (non-hydrogen) atoms. The van der Waals surface area contributed by atoms with Crippen molar-refractivity contribution in [3.05, 3.63) is 21.9 Å². The third-order valence-corrected chi connectivity index (χ3v) is 5.86. The highest BCUT2D eigenvalue weighted by Gasteiger charge is 2.44. The van der Waals surface area contributed by atoms with Crippen molar-refractivity contribution >= 4 is 11.3 Å². The number of rotatable bonds is 3. The van der Waals surface area contributed by atoms with Gasteiger partial charge >= 0.3 is 0 Å². The fourth-order valence-electron chi connectivity index (χ4n) is 3.55. The molecule has 0 aromatic carbocycles. The predicted octanol–water partition coefficient (Wildman–Crippen LogP) is 3.67. The van der Waals surface area contributed by atoms with Crippen LogP contribution in [0.2, 0.25) is 0 Å². The lowest BCUT2D eigenvalue weighted by atomic mass is 9.70. The van der Waals surface area contributed by atoms with E-state index in [4.69, 9.17) is 4.74 Å². The minimum atomic E-state index is 0.253. The van der Waals surface area contributed by atoms with E-state index >= 15 is 0 Å². The van der Waals surface area contributed by atoms with Crippen molar-refractivity contribution < 1.29 is 4.74 Å². The molecule has 1 aliphatic carbocycles. The zero-order valence-electron chi connectivity index (χ0n) is 11.4. The van der Waals surface area contributed by atoms with E-state index in [1.54, 1.807) is 0 Å². The van der Waals surface area contributed by atoms with Gasteiger partial charge in [0.15, 0.2) is 0 Å². The Morgan fingerprint density at radius 3 is 2.89 bits per heavy atom. The van der Waals surface area contributed by atoms with Crippen LogP contribution >= 0.6 is 11.3 Å². The maximum Gasteiger partial charge on any atom is 0.0686 e. The second kappa shape index (κ2) is 4.95. The van der Waals surface area contributed by atoms with Gasteiger partial charge in [-0.25, -0.2) is 0 Å². The summed E-state index contributed by atoms with van der Waals surface area (Å²) in [5.74, 6) is 0.737. The van der Waals surface area contributed by atoms with Crippen molar-refractivity contribution in [1.29, 1.82) is 0 Å². The molecule has 2 fully saturated rings. The van der Waals surface area contributed by atoms with Crippen molar-refractivity contribution in [3.63, 3.8) is 0 Å². The molecule has 1 saturated heterocycles. The first-order valence-electron chi connectivity index (χ1n) is 7.09. The van der Waals surface area contributed by atoms with Crippen LogP contribution < -0.4 is 5.32 Å². The van der Waals surface area contributed by atoms with E-state index in [1.165, 1.54) is 42.5 Å². The summed E-state index contributed by atoms with van der Waals surface area (Å²) in [4.78, 5) is 1.53. The number of ether oxygens (including phenoxy) is 1. The molecule has 1 aromatic heterocycles. The number of aryl methyl sites for hydroxylation is 1. The molecule has 0 bridgehead atoms. The summed E-state index contributed by atoms with van der Waals surface area (Å²) in [5, 5.41) is 5.77. The van der Waals surface area contributed by atoms with Crippen LogP contribution in [-0.4, -0.2) is 19.3 Å². The zero-order chi connectivity index (χ0) is 12.6. The van der Waals surface area contributed by atoms with Gasteiger partial charge in [0.25, 0.3) is 0 Å². The fourth-order valence-corrected chi connectivity index (χ4v) is 4.68. The Morgan fingerprint density at radius 1 is 1.50 bits per heavy atom. The Kier molecular flexibility index (Phi) is 3.48. The van der Waals surface area contributed by atoms with Gasteiger partial charge in [0, 0.05) is 17.5 Å². The summed E-state index contributed by atoms with van der Waals surface area (Å²) >= 11 is 1.90. The van der Waals surface area contributed by atoms with Gasteiger partial charge in [0.2, 0.25) is 0 Å². The third kappa shape index (κ3) is 2.13. The van der Waals surface area contributed by atoms with E-state index in [1.807, 2.05) is 11.3 Å². The molecule has 1 aliphatic heterocycles. The maximum atomic E-state index is 6.05. The Hall–Kier alpha value is -0.380. The summed E-state index contributed by atoms with van der Waals surface area (Å²) < 4.78 is 6.05. The lowest BCUT2D eigenvalue weighted by molar-refractivity contribution is -0.147. The molecule has 0 amide bonds. The van der Waals surface area contributed by atoms with Gasteiger partial charge in [0.05, 0.1) is 5.60 Å². The van der Waals surface area contributed by atoms with E-state index in [9.17, 15) is 0 Å². The molecule has 2 aliphatic rings. The summed E-state index contributed by atoms with van der Waals surface area (Å²) in [7, 11) is 2.10. The third-order valence-electron chi connectivity index (χ3n) is 4.76. The molecule has 0 radical (unpaired) electrons. The molecular formula is C15H23NOS. The van der Waals surface area contributed by atoms with Gasteiger partial charge in [-0.1, -0.05) is 0 Å². The fraction of sp³-hybridized carbons (Fsp3) is 0.733. The minimum Gasteiger partial charge on any atom is -0.375 e. The number of thiophene rings is 1.